The molecular weight excluding hydrogens is 394 g/mol. The van der Waals surface area contributed by atoms with Gasteiger partial charge < -0.3 is 15.0 Å². The molecule has 1 aromatic heterocycles. The Kier molecular flexibility index (Phi) is 5.05. The number of carbonyl (C=O) groups excluding carboxylic acids is 1. The summed E-state index contributed by atoms with van der Waals surface area (Å²) in [4.78, 5) is 25.5. The lowest BCUT2D eigenvalue weighted by atomic mass is 9.86. The van der Waals surface area contributed by atoms with Crippen molar-refractivity contribution in [2.75, 3.05) is 12.9 Å². The minimum absolute atomic E-state index is 0.117. The highest BCUT2D eigenvalue weighted by Gasteiger charge is 2.58. The van der Waals surface area contributed by atoms with Gasteiger partial charge in [0.1, 0.15) is 0 Å². The molecule has 4 atom stereocenters. The maximum Gasteiger partial charge on any atom is 0.250 e. The average molecular weight is 417 g/mol. The first-order valence-corrected chi connectivity index (χ1v) is 11.3. The minimum atomic E-state index is -3.67. The number of hydrogen-bond donors (Lipinski definition) is 2. The van der Waals surface area contributed by atoms with Gasteiger partial charge in [-0.2, -0.15) is 4.31 Å². The SMILES string of the molecule is CS(=O)(=O)N1[C@@H]2c3cccc(=O)n3C[C@H]1[C@H](CO)[C@H]2C(=O)NCc1ccccc1. The van der Waals surface area contributed by atoms with E-state index in [1.165, 1.54) is 14.9 Å². The van der Waals surface area contributed by atoms with Crippen molar-refractivity contribution in [3.8, 4) is 0 Å². The van der Waals surface area contributed by atoms with Crippen LogP contribution in [0.1, 0.15) is 17.3 Å². The fraction of sp³-hybridized carbons (Fsp3) is 0.400. The molecule has 2 aliphatic heterocycles. The van der Waals surface area contributed by atoms with Gasteiger partial charge in [-0.05, 0) is 11.6 Å². The van der Waals surface area contributed by atoms with Gasteiger partial charge in [-0.3, -0.25) is 9.59 Å². The predicted molar refractivity (Wildman–Crippen MR) is 106 cm³/mol. The Morgan fingerprint density at radius 2 is 1.90 bits per heavy atom. The zero-order chi connectivity index (χ0) is 20.8. The number of benzene rings is 1. The molecule has 8 nitrogen and oxygen atoms in total. The molecule has 0 aliphatic carbocycles. The Morgan fingerprint density at radius 3 is 2.55 bits per heavy atom. The van der Waals surface area contributed by atoms with Crippen LogP contribution in [0.25, 0.3) is 0 Å². The highest BCUT2D eigenvalue weighted by molar-refractivity contribution is 7.88. The Balaban J connectivity index is 1.74. The molecule has 29 heavy (non-hydrogen) atoms. The Hall–Kier alpha value is -2.49. The van der Waals surface area contributed by atoms with E-state index in [1.54, 1.807) is 12.1 Å². The second-order valence-corrected chi connectivity index (χ2v) is 9.47. The smallest absolute Gasteiger partial charge is 0.250 e. The fourth-order valence-corrected chi connectivity index (χ4v) is 6.03. The van der Waals surface area contributed by atoms with E-state index in [0.717, 1.165) is 11.8 Å². The normalized spacial score (nSPS) is 26.1. The second-order valence-electron chi connectivity index (χ2n) is 7.58. The Labute approximate surface area is 168 Å². The summed E-state index contributed by atoms with van der Waals surface area (Å²) >= 11 is 0. The van der Waals surface area contributed by atoms with Crippen LogP contribution >= 0.6 is 0 Å². The number of carbonyl (C=O) groups is 1. The third-order valence-electron chi connectivity index (χ3n) is 5.86. The number of pyridine rings is 1. The van der Waals surface area contributed by atoms with E-state index in [0.29, 0.717) is 12.2 Å². The zero-order valence-electron chi connectivity index (χ0n) is 15.9. The Morgan fingerprint density at radius 1 is 1.17 bits per heavy atom. The Bertz CT molecular complexity index is 1080. The van der Waals surface area contributed by atoms with Gasteiger partial charge in [0.25, 0.3) is 5.56 Å². The van der Waals surface area contributed by atoms with Crippen LogP contribution in [0.2, 0.25) is 0 Å². The third-order valence-corrected chi connectivity index (χ3v) is 7.12. The minimum Gasteiger partial charge on any atom is -0.396 e. The number of aliphatic hydroxyl groups is 1. The first kappa shape index (κ1) is 19.8. The van der Waals surface area contributed by atoms with E-state index in [2.05, 4.69) is 5.32 Å². The van der Waals surface area contributed by atoms with Crippen molar-refractivity contribution >= 4 is 15.9 Å². The van der Waals surface area contributed by atoms with Crippen LogP contribution < -0.4 is 10.9 Å². The first-order valence-electron chi connectivity index (χ1n) is 9.43. The van der Waals surface area contributed by atoms with Gasteiger partial charge in [0, 0.05) is 43.4 Å². The van der Waals surface area contributed by atoms with E-state index in [1.807, 2.05) is 30.3 Å². The molecule has 0 radical (unpaired) electrons. The van der Waals surface area contributed by atoms with Crippen LogP contribution in [0.15, 0.2) is 53.3 Å². The van der Waals surface area contributed by atoms with Crippen molar-refractivity contribution < 1.29 is 18.3 Å². The number of hydrogen-bond acceptors (Lipinski definition) is 5. The third kappa shape index (κ3) is 3.39. The molecule has 2 bridgehead atoms. The average Bonchev–Trinajstić information content (AvgIpc) is 2.95. The fourth-order valence-electron chi connectivity index (χ4n) is 4.66. The molecule has 1 aromatic carbocycles. The van der Waals surface area contributed by atoms with E-state index in [9.17, 15) is 23.1 Å². The molecule has 2 aromatic rings. The molecule has 0 unspecified atom stereocenters. The largest absolute Gasteiger partial charge is 0.396 e. The lowest BCUT2D eigenvalue weighted by molar-refractivity contribution is -0.127. The van der Waals surface area contributed by atoms with Gasteiger partial charge in [-0.15, -0.1) is 0 Å². The predicted octanol–water partition coefficient (Wildman–Crippen LogP) is 0.0879. The quantitative estimate of drug-likeness (QED) is 0.717. The molecular formula is C20H23N3O5S. The highest BCUT2D eigenvalue weighted by atomic mass is 32.2. The number of sulfonamides is 1. The van der Waals surface area contributed by atoms with Gasteiger partial charge in [0.15, 0.2) is 0 Å². The van der Waals surface area contributed by atoms with Gasteiger partial charge >= 0.3 is 0 Å². The van der Waals surface area contributed by atoms with Crippen molar-refractivity contribution in [1.82, 2.24) is 14.2 Å². The summed E-state index contributed by atoms with van der Waals surface area (Å²) in [6.07, 6.45) is 1.10. The maximum atomic E-state index is 13.2. The van der Waals surface area contributed by atoms with Crippen LogP contribution in [-0.2, 0) is 27.9 Å². The highest BCUT2D eigenvalue weighted by Crippen LogP contribution is 2.49. The van der Waals surface area contributed by atoms with Crippen molar-refractivity contribution in [3.05, 3.63) is 70.1 Å². The number of rotatable bonds is 5. The molecule has 4 rings (SSSR count). The van der Waals surface area contributed by atoms with Crippen LogP contribution in [0.5, 0.6) is 0 Å². The van der Waals surface area contributed by atoms with E-state index in [4.69, 9.17) is 0 Å². The summed E-state index contributed by atoms with van der Waals surface area (Å²) in [6.45, 7) is 0.0673. The summed E-state index contributed by atoms with van der Waals surface area (Å²) in [7, 11) is -3.67. The summed E-state index contributed by atoms with van der Waals surface area (Å²) in [5.41, 5.74) is 1.15. The van der Waals surface area contributed by atoms with E-state index >= 15 is 0 Å². The van der Waals surface area contributed by atoms with Gasteiger partial charge in [-0.1, -0.05) is 36.4 Å². The molecule has 1 fully saturated rings. The van der Waals surface area contributed by atoms with Crippen molar-refractivity contribution in [2.24, 2.45) is 11.8 Å². The number of aliphatic hydroxyl groups excluding tert-OH is 1. The molecule has 9 heteroatoms. The van der Waals surface area contributed by atoms with Gasteiger partial charge in [0.2, 0.25) is 15.9 Å². The van der Waals surface area contributed by atoms with Crippen LogP contribution in [0.4, 0.5) is 0 Å². The summed E-state index contributed by atoms with van der Waals surface area (Å²) < 4.78 is 28.0. The molecule has 0 spiro atoms. The van der Waals surface area contributed by atoms with Gasteiger partial charge in [-0.25, -0.2) is 8.42 Å². The summed E-state index contributed by atoms with van der Waals surface area (Å²) in [6, 6.07) is 12.6. The second kappa shape index (κ2) is 7.40. The monoisotopic (exact) mass is 417 g/mol. The number of nitrogens with one attached hydrogen (secondary N) is 1. The lowest BCUT2D eigenvalue weighted by Crippen LogP contribution is -2.48. The number of fused-ring (bicyclic) bond motifs is 4. The van der Waals surface area contributed by atoms with Gasteiger partial charge in [0.05, 0.1) is 18.2 Å². The van der Waals surface area contributed by atoms with Crippen LogP contribution in [0, 0.1) is 11.8 Å². The van der Waals surface area contributed by atoms with Crippen LogP contribution in [-0.4, -0.2) is 47.2 Å². The van der Waals surface area contributed by atoms with E-state index in [-0.39, 0.29) is 24.6 Å². The lowest BCUT2D eigenvalue weighted by Gasteiger charge is -2.36. The van der Waals surface area contributed by atoms with Crippen molar-refractivity contribution in [2.45, 2.75) is 25.2 Å². The van der Waals surface area contributed by atoms with Crippen LogP contribution in [0.3, 0.4) is 0 Å². The maximum absolute atomic E-state index is 13.2. The standard InChI is InChI=1S/C20H23N3O5S/c1-29(27,28)23-16-11-22-15(8-5-9-17(22)25)19(23)18(14(16)12-24)20(26)21-10-13-6-3-2-4-7-13/h2-9,14,16,18-19,24H,10-12H2,1H3,(H,21,26)/t14-,16-,18+,19+/m0/s1. The molecule has 1 amide bonds. The number of amides is 1. The summed E-state index contributed by atoms with van der Waals surface area (Å²) in [5.74, 6) is -1.73. The molecule has 2 aliphatic rings. The molecule has 1 saturated heterocycles. The number of nitrogens with zero attached hydrogens (tertiary/aromatic N) is 2. The molecule has 3 heterocycles. The molecule has 2 N–H and O–H groups in total. The number of aromatic nitrogens is 1. The summed E-state index contributed by atoms with van der Waals surface area (Å²) in [5, 5.41) is 12.9. The van der Waals surface area contributed by atoms with E-state index < -0.39 is 33.9 Å². The van der Waals surface area contributed by atoms with Crippen molar-refractivity contribution in [3.63, 3.8) is 0 Å². The van der Waals surface area contributed by atoms with Crippen molar-refractivity contribution in [1.29, 1.82) is 0 Å². The topological polar surface area (TPSA) is 109 Å². The molecule has 154 valence electrons. The zero-order valence-corrected chi connectivity index (χ0v) is 16.7. The first-order chi connectivity index (χ1) is 13.8. The molecule has 0 saturated carbocycles.